The number of pyridine rings is 1. The Hall–Kier alpha value is -3.66. The zero-order valence-corrected chi connectivity index (χ0v) is 22.9. The molecule has 4 heterocycles. The number of aryl methyl sites for hydroxylation is 2. The number of hydrogen-bond donors (Lipinski definition) is 0. The smallest absolute Gasteiger partial charge is 0.274 e. The molecule has 0 amide bonds. The molecule has 2 aliphatic heterocycles. The minimum atomic E-state index is -2.96. The molecule has 2 saturated heterocycles. The highest BCUT2D eigenvalue weighted by Gasteiger charge is 2.32. The summed E-state index contributed by atoms with van der Waals surface area (Å²) in [7, 11) is 0. The lowest BCUT2D eigenvalue weighted by atomic mass is 10.1. The number of alkyl halides is 2. The van der Waals surface area contributed by atoms with Gasteiger partial charge in [-0.25, -0.2) is 13.8 Å². The molecule has 1 aromatic carbocycles. The Morgan fingerprint density at radius 1 is 0.846 bits per heavy atom. The van der Waals surface area contributed by atoms with Crippen LogP contribution < -0.4 is 14.7 Å². The normalized spacial score (nSPS) is 17.0. The Morgan fingerprint density at radius 3 is 2.05 bits per heavy atom. The van der Waals surface area contributed by atoms with Gasteiger partial charge in [-0.15, -0.1) is 6.58 Å². The maximum absolute atomic E-state index is 14.2. The predicted molar refractivity (Wildman–Crippen MR) is 152 cm³/mol. The third-order valence-corrected chi connectivity index (χ3v) is 7.54. The van der Waals surface area contributed by atoms with Crippen molar-refractivity contribution in [1.29, 1.82) is 0 Å². The fraction of sp³-hybridized carbons (Fsp3) is 0.448. The lowest BCUT2D eigenvalue weighted by Crippen LogP contribution is -2.49. The summed E-state index contributed by atoms with van der Waals surface area (Å²) in [5.74, 6) is -0.684. The quantitative estimate of drug-likeness (QED) is 0.416. The van der Waals surface area contributed by atoms with Crippen molar-refractivity contribution in [3.05, 3.63) is 65.9 Å². The molecule has 2 aliphatic rings. The summed E-state index contributed by atoms with van der Waals surface area (Å²) >= 11 is 0. The Kier molecular flexibility index (Phi) is 7.74. The van der Waals surface area contributed by atoms with E-state index in [1.165, 1.54) is 17.2 Å². The molecule has 0 aliphatic carbocycles. The summed E-state index contributed by atoms with van der Waals surface area (Å²) in [6, 6.07) is 9.28. The van der Waals surface area contributed by atoms with Gasteiger partial charge in [-0.2, -0.15) is 15.0 Å². The number of benzene rings is 1. The maximum atomic E-state index is 14.2. The first-order valence-corrected chi connectivity index (χ1v) is 13.5. The molecule has 5 rings (SSSR count). The van der Waals surface area contributed by atoms with Gasteiger partial charge in [0.1, 0.15) is 5.82 Å². The van der Waals surface area contributed by atoms with E-state index < -0.39 is 5.92 Å². The Bertz CT molecular complexity index is 1310. The van der Waals surface area contributed by atoms with Crippen LogP contribution in [0.1, 0.15) is 23.6 Å². The van der Waals surface area contributed by atoms with E-state index in [9.17, 15) is 8.78 Å². The van der Waals surface area contributed by atoms with E-state index in [1.54, 1.807) is 12.3 Å². The Balaban J connectivity index is 1.41. The fourth-order valence-corrected chi connectivity index (χ4v) is 5.07. The number of hydrogen-bond acceptors (Lipinski definition) is 8. The third kappa shape index (κ3) is 6.00. The SMILES string of the molecule is C=CCN1CCN(c2nc(-c3ccc(C)c(C)c3)nc(N3CCN(c4ncccc4C(C)(F)F)CC3)n2)CC1. The monoisotopic (exact) mass is 534 g/mol. The zero-order valence-electron chi connectivity index (χ0n) is 22.9. The van der Waals surface area contributed by atoms with E-state index in [-0.39, 0.29) is 5.56 Å². The second-order valence-electron chi connectivity index (χ2n) is 10.4. The summed E-state index contributed by atoms with van der Waals surface area (Å²) in [5, 5.41) is 0. The van der Waals surface area contributed by atoms with Gasteiger partial charge in [-0.3, -0.25) is 4.90 Å². The van der Waals surface area contributed by atoms with Crippen LogP contribution in [0.4, 0.5) is 26.5 Å². The van der Waals surface area contributed by atoms with Crippen molar-refractivity contribution in [2.45, 2.75) is 26.7 Å². The highest BCUT2D eigenvalue weighted by atomic mass is 19.3. The molecule has 2 fully saturated rings. The summed E-state index contributed by atoms with van der Waals surface area (Å²) in [6.07, 6.45) is 3.50. The van der Waals surface area contributed by atoms with Crippen molar-refractivity contribution in [1.82, 2.24) is 24.8 Å². The van der Waals surface area contributed by atoms with E-state index in [4.69, 9.17) is 15.0 Å². The molecule has 8 nitrogen and oxygen atoms in total. The van der Waals surface area contributed by atoms with Crippen LogP contribution >= 0.6 is 0 Å². The largest absolute Gasteiger partial charge is 0.353 e. The van der Waals surface area contributed by atoms with Gasteiger partial charge in [0.25, 0.3) is 5.92 Å². The second-order valence-corrected chi connectivity index (χ2v) is 10.4. The molecule has 39 heavy (non-hydrogen) atoms. The molecule has 0 unspecified atom stereocenters. The van der Waals surface area contributed by atoms with Crippen LogP contribution in [0.15, 0.2) is 49.2 Å². The summed E-state index contributed by atoms with van der Waals surface area (Å²) < 4.78 is 28.5. The van der Waals surface area contributed by atoms with Gasteiger partial charge in [-0.05, 0) is 43.2 Å². The molecule has 2 aromatic heterocycles. The molecule has 0 bridgehead atoms. The van der Waals surface area contributed by atoms with Crippen molar-refractivity contribution >= 4 is 17.7 Å². The van der Waals surface area contributed by atoms with Crippen LogP contribution in [0.2, 0.25) is 0 Å². The molecule has 3 aromatic rings. The second kappa shape index (κ2) is 11.2. The van der Waals surface area contributed by atoms with Crippen LogP contribution in [0, 0.1) is 13.8 Å². The van der Waals surface area contributed by atoms with Gasteiger partial charge in [0.2, 0.25) is 11.9 Å². The highest BCUT2D eigenvalue weighted by Crippen LogP contribution is 2.34. The Morgan fingerprint density at radius 2 is 1.46 bits per heavy atom. The molecular weight excluding hydrogens is 498 g/mol. The summed E-state index contributed by atoms with van der Waals surface area (Å²) in [6.45, 7) is 15.6. The molecule has 0 atom stereocenters. The van der Waals surface area contributed by atoms with Crippen molar-refractivity contribution in [3.8, 4) is 11.4 Å². The van der Waals surface area contributed by atoms with E-state index >= 15 is 0 Å². The molecule has 0 radical (unpaired) electrons. The number of nitrogens with zero attached hydrogens (tertiary/aromatic N) is 8. The summed E-state index contributed by atoms with van der Waals surface area (Å²) in [4.78, 5) is 27.6. The van der Waals surface area contributed by atoms with Gasteiger partial charge in [0.05, 0.1) is 5.56 Å². The predicted octanol–water partition coefficient (Wildman–Crippen LogP) is 4.30. The lowest BCUT2D eigenvalue weighted by molar-refractivity contribution is 0.0176. The molecule has 0 spiro atoms. The average molecular weight is 535 g/mol. The van der Waals surface area contributed by atoms with Crippen molar-refractivity contribution in [3.63, 3.8) is 0 Å². The molecule has 206 valence electrons. The lowest BCUT2D eigenvalue weighted by Gasteiger charge is -2.37. The van der Waals surface area contributed by atoms with Crippen LogP contribution in [-0.2, 0) is 5.92 Å². The van der Waals surface area contributed by atoms with E-state index in [0.717, 1.165) is 45.2 Å². The summed E-state index contributed by atoms with van der Waals surface area (Å²) in [5.41, 5.74) is 3.31. The van der Waals surface area contributed by atoms with Crippen LogP contribution in [0.3, 0.4) is 0 Å². The van der Waals surface area contributed by atoms with E-state index in [0.29, 0.717) is 49.7 Å². The Labute approximate surface area is 229 Å². The van der Waals surface area contributed by atoms with Gasteiger partial charge < -0.3 is 14.7 Å². The minimum Gasteiger partial charge on any atom is -0.353 e. The van der Waals surface area contributed by atoms with Crippen LogP contribution in [0.25, 0.3) is 11.4 Å². The van der Waals surface area contributed by atoms with E-state index in [2.05, 4.69) is 58.3 Å². The molecule has 0 N–H and O–H groups in total. The zero-order chi connectivity index (χ0) is 27.6. The van der Waals surface area contributed by atoms with Crippen LogP contribution in [-0.4, -0.2) is 83.7 Å². The van der Waals surface area contributed by atoms with Gasteiger partial charge in [0.15, 0.2) is 5.82 Å². The number of halogens is 2. The standard InChI is InChI=1S/C29H36F2N8/c1-5-11-36-12-14-38(15-13-36)27-33-25(23-9-8-21(2)22(3)20-23)34-28(35-27)39-18-16-37(17-19-39)26-24(29(4,30)31)7-6-10-32-26/h5-10,20H,1,11-19H2,2-4H3. The van der Waals surface area contributed by atoms with Gasteiger partial charge in [-0.1, -0.05) is 18.2 Å². The highest BCUT2D eigenvalue weighted by molar-refractivity contribution is 5.61. The van der Waals surface area contributed by atoms with Gasteiger partial charge in [0, 0.05) is 77.6 Å². The third-order valence-electron chi connectivity index (χ3n) is 7.54. The molecule has 10 heteroatoms. The minimum absolute atomic E-state index is 0.0477. The average Bonchev–Trinajstić information content (AvgIpc) is 2.94. The number of aromatic nitrogens is 4. The van der Waals surface area contributed by atoms with Crippen molar-refractivity contribution in [2.75, 3.05) is 73.6 Å². The van der Waals surface area contributed by atoms with Crippen LogP contribution in [0.5, 0.6) is 0 Å². The first-order chi connectivity index (χ1) is 18.7. The van der Waals surface area contributed by atoms with Crippen molar-refractivity contribution < 1.29 is 8.78 Å². The maximum Gasteiger partial charge on any atom is 0.274 e. The van der Waals surface area contributed by atoms with Crippen molar-refractivity contribution in [2.24, 2.45) is 0 Å². The topological polar surface area (TPSA) is 64.5 Å². The number of rotatable bonds is 7. The number of piperazine rings is 2. The molecule has 0 saturated carbocycles. The number of anilines is 3. The van der Waals surface area contributed by atoms with E-state index in [1.807, 2.05) is 11.0 Å². The fourth-order valence-electron chi connectivity index (χ4n) is 5.07. The van der Waals surface area contributed by atoms with Gasteiger partial charge >= 0.3 is 0 Å². The molecular formula is C29H36F2N8. The first kappa shape index (κ1) is 26.9. The first-order valence-electron chi connectivity index (χ1n) is 13.5.